The lowest BCUT2D eigenvalue weighted by Crippen LogP contribution is -2.16. The summed E-state index contributed by atoms with van der Waals surface area (Å²) < 4.78 is 1.80. The van der Waals surface area contributed by atoms with Crippen LogP contribution in [0.1, 0.15) is 10.5 Å². The topological polar surface area (TPSA) is 63.1 Å². The van der Waals surface area contributed by atoms with Gasteiger partial charge in [-0.3, -0.25) is 4.79 Å². The quantitative estimate of drug-likeness (QED) is 0.552. The van der Waals surface area contributed by atoms with E-state index < -0.39 is 0 Å². The molecule has 2 heterocycles. The molecular weight excluding hydrogens is 370 g/mol. The van der Waals surface area contributed by atoms with Crippen molar-refractivity contribution >= 4 is 28.6 Å². The van der Waals surface area contributed by atoms with Gasteiger partial charge in [-0.1, -0.05) is 30.3 Å². The van der Waals surface area contributed by atoms with Crippen LogP contribution in [0.25, 0.3) is 16.3 Å². The third-order valence-electron chi connectivity index (χ3n) is 4.22. The van der Waals surface area contributed by atoms with Crippen LogP contribution < -0.4 is 10.2 Å². The second-order valence-corrected chi connectivity index (χ2v) is 7.27. The summed E-state index contributed by atoms with van der Waals surface area (Å²) in [4.78, 5) is 19.1. The van der Waals surface area contributed by atoms with Crippen LogP contribution in [0, 0.1) is 0 Å². The molecule has 4 aromatic rings. The fraction of sp³-hybridized carbons (Fsp3) is 0.0952. The van der Waals surface area contributed by atoms with Crippen molar-refractivity contribution in [3.8, 4) is 16.3 Å². The standard InChI is InChI=1S/C21H19N5OS/c1-25(2)19-11-7-6-10-17(19)23-20(27)18-14-28-21(24-18)15-12-22-26(13-15)16-8-4-3-5-9-16/h3-14H,1-2H3,(H,23,27). The van der Waals surface area contributed by atoms with Crippen molar-refractivity contribution in [2.75, 3.05) is 24.3 Å². The number of nitrogens with zero attached hydrogens (tertiary/aromatic N) is 4. The summed E-state index contributed by atoms with van der Waals surface area (Å²) in [6.45, 7) is 0. The van der Waals surface area contributed by atoms with E-state index in [1.165, 1.54) is 11.3 Å². The van der Waals surface area contributed by atoms with Crippen molar-refractivity contribution in [2.24, 2.45) is 0 Å². The van der Waals surface area contributed by atoms with E-state index in [-0.39, 0.29) is 5.91 Å². The average Bonchev–Trinajstić information content (AvgIpc) is 3.38. The molecule has 140 valence electrons. The molecule has 0 bridgehead atoms. The monoisotopic (exact) mass is 389 g/mol. The van der Waals surface area contributed by atoms with Gasteiger partial charge in [0.25, 0.3) is 5.91 Å². The van der Waals surface area contributed by atoms with Crippen LogP contribution in [-0.2, 0) is 0 Å². The largest absolute Gasteiger partial charge is 0.376 e. The molecule has 1 N–H and O–H groups in total. The van der Waals surface area contributed by atoms with E-state index in [1.54, 1.807) is 16.3 Å². The first-order chi connectivity index (χ1) is 13.6. The highest BCUT2D eigenvalue weighted by atomic mass is 32.1. The lowest BCUT2D eigenvalue weighted by molar-refractivity contribution is 0.102. The van der Waals surface area contributed by atoms with E-state index in [2.05, 4.69) is 15.4 Å². The molecule has 0 fully saturated rings. The zero-order valence-electron chi connectivity index (χ0n) is 15.5. The molecule has 0 aliphatic carbocycles. The molecule has 4 rings (SSSR count). The maximum Gasteiger partial charge on any atom is 0.275 e. The van der Waals surface area contributed by atoms with Gasteiger partial charge in [0.15, 0.2) is 0 Å². The molecule has 0 saturated heterocycles. The average molecular weight is 389 g/mol. The molecule has 0 aliphatic heterocycles. The van der Waals surface area contributed by atoms with Gasteiger partial charge >= 0.3 is 0 Å². The first kappa shape index (κ1) is 17.9. The minimum Gasteiger partial charge on any atom is -0.376 e. The number of benzene rings is 2. The lowest BCUT2D eigenvalue weighted by Gasteiger charge is -2.17. The minimum atomic E-state index is -0.229. The number of aromatic nitrogens is 3. The van der Waals surface area contributed by atoms with Crippen molar-refractivity contribution in [1.82, 2.24) is 14.8 Å². The number of hydrogen-bond acceptors (Lipinski definition) is 5. The molecular formula is C21H19N5OS. The van der Waals surface area contributed by atoms with Gasteiger partial charge in [0.05, 0.1) is 23.3 Å². The van der Waals surface area contributed by atoms with Gasteiger partial charge in [-0.2, -0.15) is 5.10 Å². The molecule has 1 amide bonds. The summed E-state index contributed by atoms with van der Waals surface area (Å²) in [6, 6.07) is 17.5. The summed E-state index contributed by atoms with van der Waals surface area (Å²) in [6.07, 6.45) is 3.67. The molecule has 2 aromatic heterocycles. The van der Waals surface area contributed by atoms with Crippen LogP contribution in [0.5, 0.6) is 0 Å². The van der Waals surface area contributed by atoms with E-state index in [1.807, 2.05) is 79.8 Å². The van der Waals surface area contributed by atoms with Crippen molar-refractivity contribution in [3.63, 3.8) is 0 Å². The summed E-state index contributed by atoms with van der Waals surface area (Å²) in [5, 5.41) is 9.86. The van der Waals surface area contributed by atoms with Gasteiger partial charge in [0.2, 0.25) is 0 Å². The molecule has 0 spiro atoms. The van der Waals surface area contributed by atoms with Crippen molar-refractivity contribution in [2.45, 2.75) is 0 Å². The SMILES string of the molecule is CN(C)c1ccccc1NC(=O)c1csc(-c2cnn(-c3ccccc3)c2)n1. The number of hydrogen-bond donors (Lipinski definition) is 1. The van der Waals surface area contributed by atoms with Crippen molar-refractivity contribution in [1.29, 1.82) is 0 Å². The number of para-hydroxylation sites is 3. The predicted octanol–water partition coefficient (Wildman–Crippen LogP) is 4.31. The molecule has 2 aromatic carbocycles. The van der Waals surface area contributed by atoms with E-state index in [4.69, 9.17) is 0 Å². The van der Waals surface area contributed by atoms with Gasteiger partial charge in [0, 0.05) is 31.2 Å². The number of carbonyl (C=O) groups is 1. The summed E-state index contributed by atoms with van der Waals surface area (Å²) in [7, 11) is 3.88. The number of anilines is 2. The second kappa shape index (κ2) is 7.66. The van der Waals surface area contributed by atoms with E-state index in [9.17, 15) is 4.79 Å². The Morgan fingerprint density at radius 2 is 1.82 bits per heavy atom. The summed E-state index contributed by atoms with van der Waals surface area (Å²) in [5.74, 6) is -0.229. The maximum atomic E-state index is 12.7. The van der Waals surface area contributed by atoms with Crippen LogP contribution in [0.2, 0.25) is 0 Å². The molecule has 6 nitrogen and oxygen atoms in total. The Balaban J connectivity index is 1.54. The fourth-order valence-corrected chi connectivity index (χ4v) is 3.60. The Kier molecular flexibility index (Phi) is 4.90. The second-order valence-electron chi connectivity index (χ2n) is 6.41. The zero-order valence-corrected chi connectivity index (χ0v) is 16.4. The highest BCUT2D eigenvalue weighted by Gasteiger charge is 2.15. The first-order valence-corrected chi connectivity index (χ1v) is 9.63. The Labute approximate surface area is 167 Å². The normalized spacial score (nSPS) is 10.6. The number of thiazole rings is 1. The van der Waals surface area contributed by atoms with Gasteiger partial charge in [-0.15, -0.1) is 11.3 Å². The number of rotatable bonds is 5. The van der Waals surface area contributed by atoms with Crippen LogP contribution >= 0.6 is 11.3 Å². The zero-order chi connectivity index (χ0) is 19.5. The van der Waals surface area contributed by atoms with E-state index in [0.717, 1.165) is 27.6 Å². The smallest absolute Gasteiger partial charge is 0.275 e. The predicted molar refractivity (Wildman–Crippen MR) is 113 cm³/mol. The lowest BCUT2D eigenvalue weighted by atomic mass is 10.2. The van der Waals surface area contributed by atoms with Crippen LogP contribution in [0.4, 0.5) is 11.4 Å². The highest BCUT2D eigenvalue weighted by molar-refractivity contribution is 7.13. The molecule has 7 heteroatoms. The molecule has 28 heavy (non-hydrogen) atoms. The number of carbonyl (C=O) groups excluding carboxylic acids is 1. The maximum absolute atomic E-state index is 12.7. The van der Waals surface area contributed by atoms with Crippen LogP contribution in [-0.4, -0.2) is 34.8 Å². The van der Waals surface area contributed by atoms with Gasteiger partial charge < -0.3 is 10.2 Å². The highest BCUT2D eigenvalue weighted by Crippen LogP contribution is 2.27. The first-order valence-electron chi connectivity index (χ1n) is 8.75. The fourth-order valence-electron chi connectivity index (χ4n) is 2.82. The Hall–Kier alpha value is -3.45. The molecule has 0 saturated carbocycles. The Morgan fingerprint density at radius 3 is 2.61 bits per heavy atom. The summed E-state index contributed by atoms with van der Waals surface area (Å²) >= 11 is 1.42. The molecule has 0 aliphatic rings. The summed E-state index contributed by atoms with van der Waals surface area (Å²) in [5.41, 5.74) is 3.94. The van der Waals surface area contributed by atoms with Crippen molar-refractivity contribution in [3.05, 3.63) is 78.1 Å². The van der Waals surface area contributed by atoms with E-state index >= 15 is 0 Å². The van der Waals surface area contributed by atoms with Gasteiger partial charge in [-0.25, -0.2) is 9.67 Å². The molecule has 0 unspecified atom stereocenters. The minimum absolute atomic E-state index is 0.229. The number of nitrogens with one attached hydrogen (secondary N) is 1. The van der Waals surface area contributed by atoms with E-state index in [0.29, 0.717) is 5.69 Å². The third-order valence-corrected chi connectivity index (χ3v) is 5.11. The third kappa shape index (κ3) is 3.65. The van der Waals surface area contributed by atoms with Crippen LogP contribution in [0.15, 0.2) is 72.4 Å². The van der Waals surface area contributed by atoms with Gasteiger partial charge in [0.1, 0.15) is 10.7 Å². The van der Waals surface area contributed by atoms with Crippen molar-refractivity contribution < 1.29 is 4.79 Å². The molecule has 0 atom stereocenters. The Bertz CT molecular complexity index is 1100. The Morgan fingerprint density at radius 1 is 1.07 bits per heavy atom. The number of amides is 1. The van der Waals surface area contributed by atoms with Gasteiger partial charge in [-0.05, 0) is 24.3 Å². The van der Waals surface area contributed by atoms with Crippen LogP contribution in [0.3, 0.4) is 0 Å². The molecule has 0 radical (unpaired) electrons.